The second-order valence-corrected chi connectivity index (χ2v) is 5.58. The van der Waals surface area contributed by atoms with E-state index in [1.54, 1.807) is 0 Å². The van der Waals surface area contributed by atoms with Crippen molar-refractivity contribution in [2.45, 2.75) is 24.9 Å². The summed E-state index contributed by atoms with van der Waals surface area (Å²) in [5, 5.41) is 9.69. The molecule has 102 valence electrons. The lowest BCUT2D eigenvalue weighted by Gasteiger charge is -2.49. The molecular weight excluding hydrogens is 238 g/mol. The van der Waals surface area contributed by atoms with Gasteiger partial charge >= 0.3 is 0 Å². The highest BCUT2D eigenvalue weighted by molar-refractivity contribution is 5.83. The van der Waals surface area contributed by atoms with Crippen molar-refractivity contribution < 1.29 is 5.11 Å². The van der Waals surface area contributed by atoms with Crippen molar-refractivity contribution in [3.63, 3.8) is 0 Å². The van der Waals surface area contributed by atoms with E-state index in [0.29, 0.717) is 12.0 Å². The van der Waals surface area contributed by atoms with E-state index in [4.69, 9.17) is 0 Å². The third kappa shape index (κ3) is 2.10. The first-order valence-corrected chi connectivity index (χ1v) is 6.92. The van der Waals surface area contributed by atoms with Gasteiger partial charge in [-0.1, -0.05) is 30.3 Å². The van der Waals surface area contributed by atoms with Crippen LogP contribution in [0.2, 0.25) is 0 Å². The second kappa shape index (κ2) is 4.85. The van der Waals surface area contributed by atoms with E-state index in [2.05, 4.69) is 53.0 Å². The van der Waals surface area contributed by atoms with Gasteiger partial charge in [-0.2, -0.15) is 0 Å². The number of aliphatic imine (C=N–C) groups is 1. The topological polar surface area (TPSA) is 39.1 Å². The third-order valence-corrected chi connectivity index (χ3v) is 4.15. The van der Waals surface area contributed by atoms with Gasteiger partial charge in [0.25, 0.3) is 0 Å². The zero-order valence-electron chi connectivity index (χ0n) is 11.5. The highest BCUT2D eigenvalue weighted by Crippen LogP contribution is 2.35. The molecule has 3 atom stereocenters. The van der Waals surface area contributed by atoms with Gasteiger partial charge in [-0.15, -0.1) is 0 Å². The average molecular weight is 259 g/mol. The molecule has 0 spiro atoms. The van der Waals surface area contributed by atoms with Crippen LogP contribution in [0, 0.1) is 0 Å². The molecule has 1 N–H and O–H groups in total. The van der Waals surface area contributed by atoms with Crippen LogP contribution >= 0.6 is 0 Å². The maximum Gasteiger partial charge on any atom is 0.197 e. The van der Waals surface area contributed by atoms with E-state index >= 15 is 0 Å². The molecule has 0 amide bonds. The number of likely N-dealkylation sites (tertiary alicyclic amines) is 1. The largest absolute Gasteiger partial charge is 0.394 e. The SMILES string of the molecule is CC1CN(C)C(N2C[C@H](c3ccccc3)[C@H]2CO)=N1. The Kier molecular flexibility index (Phi) is 3.19. The molecule has 2 heterocycles. The van der Waals surface area contributed by atoms with Gasteiger partial charge < -0.3 is 14.9 Å². The van der Waals surface area contributed by atoms with E-state index in [1.165, 1.54) is 5.56 Å². The van der Waals surface area contributed by atoms with Gasteiger partial charge in [0.2, 0.25) is 0 Å². The minimum atomic E-state index is 0.161. The zero-order valence-corrected chi connectivity index (χ0v) is 11.5. The first kappa shape index (κ1) is 12.5. The fraction of sp³-hybridized carbons (Fsp3) is 0.533. The van der Waals surface area contributed by atoms with Crippen LogP contribution in [-0.4, -0.2) is 59.7 Å². The highest BCUT2D eigenvalue weighted by Gasteiger charge is 2.43. The number of aliphatic hydroxyl groups is 1. The molecule has 1 fully saturated rings. The van der Waals surface area contributed by atoms with Gasteiger partial charge in [-0.05, 0) is 12.5 Å². The average Bonchev–Trinajstić information content (AvgIpc) is 2.69. The Hall–Kier alpha value is -1.55. The lowest BCUT2D eigenvalue weighted by atomic mass is 9.83. The zero-order chi connectivity index (χ0) is 13.4. The van der Waals surface area contributed by atoms with Crippen LogP contribution in [0.3, 0.4) is 0 Å². The van der Waals surface area contributed by atoms with Crippen LogP contribution in [0.15, 0.2) is 35.3 Å². The summed E-state index contributed by atoms with van der Waals surface area (Å²) < 4.78 is 0. The number of guanidine groups is 1. The molecule has 1 aromatic rings. The fourth-order valence-electron chi connectivity index (χ4n) is 3.14. The summed E-state index contributed by atoms with van der Waals surface area (Å²) >= 11 is 0. The lowest BCUT2D eigenvalue weighted by Crippen LogP contribution is -2.61. The number of aliphatic hydroxyl groups excluding tert-OH is 1. The molecule has 0 bridgehead atoms. The predicted octanol–water partition coefficient (Wildman–Crippen LogP) is 1.14. The lowest BCUT2D eigenvalue weighted by molar-refractivity contribution is 0.0687. The maximum atomic E-state index is 9.69. The van der Waals surface area contributed by atoms with Gasteiger partial charge in [0.05, 0.1) is 18.7 Å². The van der Waals surface area contributed by atoms with E-state index in [0.717, 1.165) is 19.0 Å². The molecule has 3 rings (SSSR count). The van der Waals surface area contributed by atoms with E-state index in [1.807, 2.05) is 6.07 Å². The van der Waals surface area contributed by atoms with Crippen LogP contribution in [0.1, 0.15) is 18.4 Å². The summed E-state index contributed by atoms with van der Waals surface area (Å²) in [6.45, 7) is 4.23. The van der Waals surface area contributed by atoms with Gasteiger partial charge in [-0.3, -0.25) is 0 Å². The first-order chi connectivity index (χ1) is 9.20. The van der Waals surface area contributed by atoms with Crippen molar-refractivity contribution in [3.8, 4) is 0 Å². The van der Waals surface area contributed by atoms with Crippen molar-refractivity contribution in [2.75, 3.05) is 26.7 Å². The number of likely N-dealkylation sites (N-methyl/N-ethyl adjacent to an activating group) is 1. The van der Waals surface area contributed by atoms with E-state index < -0.39 is 0 Å². The van der Waals surface area contributed by atoms with Crippen LogP contribution in [0.5, 0.6) is 0 Å². The molecule has 0 radical (unpaired) electrons. The van der Waals surface area contributed by atoms with Crippen molar-refractivity contribution in [1.29, 1.82) is 0 Å². The smallest absolute Gasteiger partial charge is 0.197 e. The second-order valence-electron chi connectivity index (χ2n) is 5.58. The molecule has 0 aliphatic carbocycles. The molecule has 0 aromatic heterocycles. The molecular formula is C15H21N3O. The highest BCUT2D eigenvalue weighted by atomic mass is 16.3. The maximum absolute atomic E-state index is 9.69. The van der Waals surface area contributed by atoms with Crippen molar-refractivity contribution >= 4 is 5.96 Å². The first-order valence-electron chi connectivity index (χ1n) is 6.92. The molecule has 1 aromatic carbocycles. The molecule has 19 heavy (non-hydrogen) atoms. The molecule has 4 nitrogen and oxygen atoms in total. The number of rotatable bonds is 2. The number of hydrogen-bond acceptors (Lipinski definition) is 4. The minimum absolute atomic E-state index is 0.161. The molecule has 1 saturated heterocycles. The van der Waals surface area contributed by atoms with Gasteiger partial charge in [-0.25, -0.2) is 4.99 Å². The molecule has 0 saturated carbocycles. The van der Waals surface area contributed by atoms with Crippen molar-refractivity contribution in [2.24, 2.45) is 4.99 Å². The quantitative estimate of drug-likeness (QED) is 0.865. The summed E-state index contributed by atoms with van der Waals surface area (Å²) in [5.74, 6) is 1.46. The van der Waals surface area contributed by atoms with Crippen molar-refractivity contribution in [1.82, 2.24) is 9.80 Å². The standard InChI is InChI=1S/C15H21N3O/c1-11-8-17(2)15(16-11)18-9-13(14(18)10-19)12-6-4-3-5-7-12/h3-7,11,13-14,19H,8-10H2,1-2H3/t11?,13-,14-/m1/s1. The normalized spacial score (nSPS) is 30.3. The van der Waals surface area contributed by atoms with Gasteiger partial charge in [0.1, 0.15) is 0 Å². The Balaban J connectivity index is 1.76. The number of nitrogens with zero attached hydrogens (tertiary/aromatic N) is 3. The number of hydrogen-bond donors (Lipinski definition) is 1. The Bertz CT molecular complexity index is 474. The Morgan fingerprint density at radius 3 is 2.58 bits per heavy atom. The van der Waals surface area contributed by atoms with Crippen LogP contribution in [0.25, 0.3) is 0 Å². The monoisotopic (exact) mass is 259 g/mol. The Labute approximate surface area is 114 Å². The van der Waals surface area contributed by atoms with Crippen molar-refractivity contribution in [3.05, 3.63) is 35.9 Å². The Morgan fingerprint density at radius 1 is 1.26 bits per heavy atom. The summed E-state index contributed by atoms with van der Waals surface area (Å²) in [5.41, 5.74) is 1.31. The summed E-state index contributed by atoms with van der Waals surface area (Å²) in [7, 11) is 2.08. The fourth-order valence-corrected chi connectivity index (χ4v) is 3.14. The van der Waals surface area contributed by atoms with Crippen LogP contribution in [-0.2, 0) is 0 Å². The van der Waals surface area contributed by atoms with E-state index in [9.17, 15) is 5.11 Å². The van der Waals surface area contributed by atoms with Crippen LogP contribution in [0.4, 0.5) is 0 Å². The van der Waals surface area contributed by atoms with Crippen LogP contribution < -0.4 is 0 Å². The number of benzene rings is 1. The summed E-state index contributed by atoms with van der Waals surface area (Å²) in [4.78, 5) is 9.10. The van der Waals surface area contributed by atoms with Gasteiger partial charge in [0.15, 0.2) is 5.96 Å². The Morgan fingerprint density at radius 2 is 2.00 bits per heavy atom. The summed E-state index contributed by atoms with van der Waals surface area (Å²) in [6, 6.07) is 11.0. The van der Waals surface area contributed by atoms with E-state index in [-0.39, 0.29) is 12.6 Å². The summed E-state index contributed by atoms with van der Waals surface area (Å²) in [6.07, 6.45) is 0. The molecule has 4 heteroatoms. The molecule has 2 aliphatic rings. The minimum Gasteiger partial charge on any atom is -0.394 e. The molecule has 2 aliphatic heterocycles. The predicted molar refractivity (Wildman–Crippen MR) is 76.3 cm³/mol. The molecule has 1 unspecified atom stereocenters. The third-order valence-electron chi connectivity index (χ3n) is 4.15. The van der Waals surface area contributed by atoms with Gasteiger partial charge in [0, 0.05) is 26.1 Å².